The van der Waals surface area contributed by atoms with E-state index in [2.05, 4.69) is 35.0 Å². The number of aryl methyl sites for hydroxylation is 3. The minimum atomic E-state index is -0.154. The Hall–Kier alpha value is -3.93. The van der Waals surface area contributed by atoms with Gasteiger partial charge >= 0.3 is 0 Å². The molecule has 0 aliphatic rings. The third-order valence-corrected chi connectivity index (χ3v) is 5.14. The molecule has 0 spiro atoms. The number of nitrogens with zero attached hydrogens (tertiary/aromatic N) is 3. The smallest absolute Gasteiger partial charge is 0.281 e. The summed E-state index contributed by atoms with van der Waals surface area (Å²) in [7, 11) is 0. The lowest BCUT2D eigenvalue weighted by Crippen LogP contribution is -2.18. The molecule has 0 fully saturated rings. The highest BCUT2D eigenvalue weighted by molar-refractivity contribution is 5.83. The van der Waals surface area contributed by atoms with E-state index >= 15 is 0 Å². The molecule has 32 heavy (non-hydrogen) atoms. The highest BCUT2D eigenvalue weighted by Crippen LogP contribution is 2.19. The van der Waals surface area contributed by atoms with Crippen molar-refractivity contribution < 1.29 is 0 Å². The molecule has 2 aromatic carbocycles. The van der Waals surface area contributed by atoms with E-state index in [4.69, 9.17) is 5.73 Å². The number of nitrogen functional groups attached to an aromatic ring is 1. The first-order valence-corrected chi connectivity index (χ1v) is 10.7. The fourth-order valence-corrected chi connectivity index (χ4v) is 3.28. The zero-order chi connectivity index (χ0) is 22.9. The van der Waals surface area contributed by atoms with Crippen molar-refractivity contribution >= 4 is 17.6 Å². The molecule has 3 N–H and O–H groups in total. The Balaban J connectivity index is 0.000000269. The molecule has 0 unspecified atom stereocenters. The normalized spacial score (nSPS) is 10.7. The summed E-state index contributed by atoms with van der Waals surface area (Å²) in [6.07, 6.45) is 5.20. The van der Waals surface area contributed by atoms with Gasteiger partial charge in [-0.2, -0.15) is 0 Å². The molecule has 4 rings (SSSR count). The molecule has 0 radical (unpaired) electrons. The quantitative estimate of drug-likeness (QED) is 0.346. The summed E-state index contributed by atoms with van der Waals surface area (Å²) < 4.78 is 1.43. The van der Waals surface area contributed by atoms with Crippen LogP contribution in [0.5, 0.6) is 0 Å². The Bertz CT molecular complexity index is 1240. The predicted molar refractivity (Wildman–Crippen MR) is 132 cm³/mol. The summed E-state index contributed by atoms with van der Waals surface area (Å²) in [6.45, 7) is 6.05. The second-order valence-electron chi connectivity index (χ2n) is 7.27. The van der Waals surface area contributed by atoms with Gasteiger partial charge in [0.2, 0.25) is 0 Å². The van der Waals surface area contributed by atoms with E-state index in [0.717, 1.165) is 35.5 Å². The molecule has 0 aliphatic heterocycles. The Morgan fingerprint density at radius 2 is 1.62 bits per heavy atom. The van der Waals surface area contributed by atoms with E-state index in [1.54, 1.807) is 18.5 Å². The van der Waals surface area contributed by atoms with Crippen LogP contribution in [0.2, 0.25) is 0 Å². The van der Waals surface area contributed by atoms with Crippen LogP contribution in [0.1, 0.15) is 36.2 Å². The van der Waals surface area contributed by atoms with Gasteiger partial charge in [0.25, 0.3) is 5.56 Å². The standard InChI is InChI=1S/C18H18N4O.C8H11N/c1-3-14-8-4-5-9-16(14)20-12-15-13(2)21-22(18(15)23)17-10-6-7-11-19-17;1-2-7-5-3-4-6-8(7)9/h4-12,21H,3H2,1-2H3;3-6H,2,9H2,1H3. The van der Waals surface area contributed by atoms with Gasteiger partial charge in [-0.25, -0.2) is 9.67 Å². The number of aromatic amines is 1. The zero-order valence-corrected chi connectivity index (χ0v) is 18.7. The highest BCUT2D eigenvalue weighted by Gasteiger charge is 2.11. The van der Waals surface area contributed by atoms with Gasteiger partial charge in [0.1, 0.15) is 0 Å². The van der Waals surface area contributed by atoms with Gasteiger partial charge in [-0.15, -0.1) is 0 Å². The van der Waals surface area contributed by atoms with E-state index in [0.29, 0.717) is 11.4 Å². The molecular formula is C26H29N5O. The summed E-state index contributed by atoms with van der Waals surface area (Å²) in [5.74, 6) is 0.564. The van der Waals surface area contributed by atoms with Crippen LogP contribution in [0, 0.1) is 6.92 Å². The van der Waals surface area contributed by atoms with E-state index in [-0.39, 0.29) is 5.56 Å². The topological polar surface area (TPSA) is 89.1 Å². The largest absolute Gasteiger partial charge is 0.399 e. The third kappa shape index (κ3) is 5.40. The molecule has 0 saturated carbocycles. The SMILES string of the molecule is CCc1ccccc1N.CCc1ccccc1N=Cc1c(C)[nH]n(-c2ccccn2)c1=O. The van der Waals surface area contributed by atoms with Gasteiger partial charge < -0.3 is 5.73 Å². The number of H-pyrrole nitrogens is 1. The number of hydrogen-bond acceptors (Lipinski definition) is 4. The number of rotatable bonds is 5. The van der Waals surface area contributed by atoms with E-state index in [1.807, 2.05) is 61.5 Å². The fraction of sp³-hybridized carbons (Fsp3) is 0.192. The van der Waals surface area contributed by atoms with Crippen molar-refractivity contribution in [1.29, 1.82) is 0 Å². The first kappa shape index (κ1) is 22.7. The van der Waals surface area contributed by atoms with Crippen molar-refractivity contribution in [2.45, 2.75) is 33.6 Å². The van der Waals surface area contributed by atoms with Crippen molar-refractivity contribution in [3.05, 3.63) is 106 Å². The van der Waals surface area contributed by atoms with Gasteiger partial charge in [-0.05, 0) is 55.2 Å². The Morgan fingerprint density at radius 1 is 0.969 bits per heavy atom. The molecule has 6 nitrogen and oxygen atoms in total. The Morgan fingerprint density at radius 3 is 2.25 bits per heavy atom. The molecule has 0 aliphatic carbocycles. The molecule has 6 heteroatoms. The highest BCUT2D eigenvalue weighted by atomic mass is 16.1. The molecule has 0 atom stereocenters. The predicted octanol–water partition coefficient (Wildman–Crippen LogP) is 5.01. The zero-order valence-electron chi connectivity index (χ0n) is 18.7. The summed E-state index contributed by atoms with van der Waals surface area (Å²) in [4.78, 5) is 21.3. The second-order valence-corrected chi connectivity index (χ2v) is 7.27. The number of anilines is 1. The molecular weight excluding hydrogens is 398 g/mol. The summed E-state index contributed by atoms with van der Waals surface area (Å²) in [5, 5.41) is 3.04. The molecule has 4 aromatic rings. The average Bonchev–Trinajstić information content (AvgIpc) is 3.12. The Kier molecular flexibility index (Phi) is 7.75. The van der Waals surface area contributed by atoms with Crippen molar-refractivity contribution in [3.63, 3.8) is 0 Å². The molecule has 2 heterocycles. The summed E-state index contributed by atoms with van der Waals surface area (Å²) in [6, 6.07) is 21.3. The minimum Gasteiger partial charge on any atom is -0.399 e. The average molecular weight is 428 g/mol. The van der Waals surface area contributed by atoms with Gasteiger partial charge in [0, 0.05) is 23.8 Å². The van der Waals surface area contributed by atoms with Gasteiger partial charge in [-0.1, -0.05) is 56.3 Å². The number of hydrogen-bond donors (Lipinski definition) is 2. The fourth-order valence-electron chi connectivity index (χ4n) is 3.28. The molecule has 0 amide bonds. The van der Waals surface area contributed by atoms with Gasteiger partial charge in [-0.3, -0.25) is 14.9 Å². The van der Waals surface area contributed by atoms with Crippen molar-refractivity contribution in [1.82, 2.24) is 14.8 Å². The summed E-state index contributed by atoms with van der Waals surface area (Å²) in [5.41, 5.74) is 11.0. The van der Waals surface area contributed by atoms with E-state index < -0.39 is 0 Å². The van der Waals surface area contributed by atoms with Crippen LogP contribution in [0.15, 0.2) is 82.7 Å². The lowest BCUT2D eigenvalue weighted by Gasteiger charge is -2.00. The van der Waals surface area contributed by atoms with Crippen LogP contribution in [0.25, 0.3) is 5.82 Å². The molecule has 2 aromatic heterocycles. The number of nitrogens with two attached hydrogens (primary N) is 1. The molecule has 0 bridgehead atoms. The van der Waals surface area contributed by atoms with Gasteiger partial charge in [0.05, 0.1) is 11.3 Å². The van der Waals surface area contributed by atoms with Crippen LogP contribution in [0.4, 0.5) is 11.4 Å². The third-order valence-electron chi connectivity index (χ3n) is 5.14. The van der Waals surface area contributed by atoms with Crippen LogP contribution in [0.3, 0.4) is 0 Å². The van der Waals surface area contributed by atoms with Crippen LogP contribution in [-0.4, -0.2) is 21.0 Å². The van der Waals surface area contributed by atoms with E-state index in [9.17, 15) is 4.79 Å². The number of pyridine rings is 1. The number of aliphatic imine (C=N–C) groups is 1. The van der Waals surface area contributed by atoms with Crippen LogP contribution < -0.4 is 11.3 Å². The lowest BCUT2D eigenvalue weighted by molar-refractivity contribution is 0.807. The number of para-hydroxylation sites is 2. The van der Waals surface area contributed by atoms with Crippen molar-refractivity contribution in [3.8, 4) is 5.82 Å². The maximum Gasteiger partial charge on any atom is 0.281 e. The van der Waals surface area contributed by atoms with Crippen molar-refractivity contribution in [2.75, 3.05) is 5.73 Å². The number of nitrogens with one attached hydrogen (secondary N) is 1. The second kappa shape index (κ2) is 10.9. The first-order chi connectivity index (χ1) is 15.5. The monoisotopic (exact) mass is 427 g/mol. The van der Waals surface area contributed by atoms with Gasteiger partial charge in [0.15, 0.2) is 5.82 Å². The minimum absolute atomic E-state index is 0.154. The molecule has 0 saturated heterocycles. The number of aromatic nitrogens is 3. The summed E-state index contributed by atoms with van der Waals surface area (Å²) >= 11 is 0. The van der Waals surface area contributed by atoms with Crippen LogP contribution in [-0.2, 0) is 12.8 Å². The lowest BCUT2D eigenvalue weighted by atomic mass is 10.1. The first-order valence-electron chi connectivity index (χ1n) is 10.7. The van der Waals surface area contributed by atoms with E-state index in [1.165, 1.54) is 10.2 Å². The Labute approximate surface area is 188 Å². The van der Waals surface area contributed by atoms with Crippen molar-refractivity contribution in [2.24, 2.45) is 4.99 Å². The maximum absolute atomic E-state index is 12.6. The van der Waals surface area contributed by atoms with Crippen LogP contribution >= 0.6 is 0 Å². The number of benzene rings is 2. The molecule has 164 valence electrons. The maximum atomic E-state index is 12.6.